The van der Waals surface area contributed by atoms with E-state index in [0.717, 1.165) is 23.2 Å². The Labute approximate surface area is 228 Å². The highest BCUT2D eigenvalue weighted by atomic mass is 16.5. The number of hydrogen-bond acceptors (Lipinski definition) is 6. The van der Waals surface area contributed by atoms with Crippen LogP contribution >= 0.6 is 0 Å². The Kier molecular flexibility index (Phi) is 11.0. The highest BCUT2D eigenvalue weighted by molar-refractivity contribution is 5.98. The zero-order valence-corrected chi connectivity index (χ0v) is 22.1. The van der Waals surface area contributed by atoms with Crippen LogP contribution in [0.1, 0.15) is 35.5 Å². The van der Waals surface area contributed by atoms with Gasteiger partial charge in [0, 0.05) is 37.0 Å². The highest BCUT2D eigenvalue weighted by Gasteiger charge is 2.26. The molecule has 1 aromatic heterocycles. The van der Waals surface area contributed by atoms with Crippen molar-refractivity contribution in [3.8, 4) is 11.1 Å². The van der Waals surface area contributed by atoms with Gasteiger partial charge in [-0.2, -0.15) is 0 Å². The molecule has 3 aromatic rings. The number of aryl methyl sites for hydroxylation is 1. The van der Waals surface area contributed by atoms with Crippen molar-refractivity contribution in [1.29, 1.82) is 0 Å². The molecule has 0 saturated heterocycles. The topological polar surface area (TPSA) is 144 Å². The number of aliphatic hydroxyl groups excluding tert-OH is 1. The zero-order valence-electron chi connectivity index (χ0n) is 22.1. The molecule has 39 heavy (non-hydrogen) atoms. The van der Waals surface area contributed by atoms with Gasteiger partial charge in [-0.25, -0.2) is 9.86 Å². The Balaban J connectivity index is 1.45. The lowest BCUT2D eigenvalue weighted by Gasteiger charge is -2.22. The number of benzene rings is 2. The normalized spacial score (nSPS) is 12.2. The maximum atomic E-state index is 12.8. The molecule has 2 atom stereocenters. The van der Waals surface area contributed by atoms with Crippen LogP contribution in [0.3, 0.4) is 0 Å². The third-order valence-corrected chi connectivity index (χ3v) is 6.13. The van der Waals surface area contributed by atoms with E-state index in [1.807, 2.05) is 36.4 Å². The second-order valence-corrected chi connectivity index (χ2v) is 9.04. The Morgan fingerprint density at radius 2 is 1.59 bits per heavy atom. The first-order valence-electron chi connectivity index (χ1n) is 12.9. The first-order chi connectivity index (χ1) is 18.8. The number of rotatable bonds is 12. The summed E-state index contributed by atoms with van der Waals surface area (Å²) in [6, 6.07) is 18.7. The molecule has 0 saturated carbocycles. The van der Waals surface area contributed by atoms with Crippen molar-refractivity contribution in [2.24, 2.45) is 0 Å². The first-order valence-corrected chi connectivity index (χ1v) is 12.9. The van der Waals surface area contributed by atoms with Crippen molar-refractivity contribution in [2.45, 2.75) is 38.8 Å². The summed E-state index contributed by atoms with van der Waals surface area (Å²) in [6.07, 6.45) is 1.94. The van der Waals surface area contributed by atoms with Gasteiger partial charge in [-0.15, -0.1) is 0 Å². The molecule has 0 aliphatic carbocycles. The molecule has 0 unspecified atom stereocenters. The number of amides is 4. The molecule has 206 valence electrons. The molecule has 4 amide bonds. The van der Waals surface area contributed by atoms with Gasteiger partial charge in [0.1, 0.15) is 6.04 Å². The van der Waals surface area contributed by atoms with Gasteiger partial charge in [-0.1, -0.05) is 49.4 Å². The smallest absolute Gasteiger partial charge is 0.341 e. The minimum Gasteiger partial charge on any atom is -0.391 e. The van der Waals surface area contributed by atoms with E-state index in [1.54, 1.807) is 24.4 Å². The van der Waals surface area contributed by atoms with Crippen LogP contribution in [-0.2, 0) is 17.6 Å². The molecular weight excluding hydrogens is 498 g/mol. The SMILES string of the molecule is CCc1ccc(-c2ccc(C(=O)N[C@H](C(=O)NCCN(O)C(=O)NCCc3ccccn3)[C@@H](C)O)cc2)cc1. The number of aliphatic hydroxyl groups is 1. The maximum absolute atomic E-state index is 12.8. The highest BCUT2D eigenvalue weighted by Crippen LogP contribution is 2.20. The van der Waals surface area contributed by atoms with Gasteiger partial charge in [-0.05, 0) is 54.3 Å². The van der Waals surface area contributed by atoms with Crippen LogP contribution < -0.4 is 16.0 Å². The molecule has 0 aliphatic heterocycles. The van der Waals surface area contributed by atoms with Gasteiger partial charge in [-0.3, -0.25) is 19.8 Å². The van der Waals surface area contributed by atoms with Crippen LogP contribution in [0.15, 0.2) is 72.9 Å². The van der Waals surface area contributed by atoms with Crippen LogP contribution in [-0.4, -0.2) is 70.0 Å². The molecule has 0 radical (unpaired) electrons. The number of hydrogen-bond donors (Lipinski definition) is 5. The summed E-state index contributed by atoms with van der Waals surface area (Å²) in [6.45, 7) is 3.48. The van der Waals surface area contributed by atoms with E-state index in [-0.39, 0.29) is 19.6 Å². The van der Waals surface area contributed by atoms with Crippen molar-refractivity contribution in [1.82, 2.24) is 26.0 Å². The fraction of sp³-hybridized carbons (Fsp3) is 0.310. The second kappa shape index (κ2) is 14.6. The average molecular weight is 534 g/mol. The van der Waals surface area contributed by atoms with Gasteiger partial charge in [0.2, 0.25) is 5.91 Å². The standard InChI is InChI=1S/C29H35N5O5/c1-3-21-7-9-22(10-8-21)23-11-13-24(14-12-23)27(36)33-26(20(2)35)28(37)31-18-19-34(39)29(38)32-17-15-25-6-4-5-16-30-25/h4-14,16,20,26,35,39H,3,15,17-19H2,1-2H3,(H,31,37)(H,32,38)(H,33,36)/t20-,26+/m1/s1. The molecule has 0 aliphatic rings. The number of nitrogens with zero attached hydrogens (tertiary/aromatic N) is 2. The predicted molar refractivity (Wildman–Crippen MR) is 147 cm³/mol. The number of carbonyl (C=O) groups is 3. The number of urea groups is 1. The van der Waals surface area contributed by atoms with Gasteiger partial charge in [0.25, 0.3) is 5.91 Å². The van der Waals surface area contributed by atoms with Crippen molar-refractivity contribution in [3.05, 3.63) is 89.7 Å². The lowest BCUT2D eigenvalue weighted by atomic mass is 10.0. The number of aromatic nitrogens is 1. The lowest BCUT2D eigenvalue weighted by Crippen LogP contribution is -2.53. The third kappa shape index (κ3) is 8.91. The molecule has 1 heterocycles. The molecule has 3 rings (SSSR count). The van der Waals surface area contributed by atoms with Crippen molar-refractivity contribution >= 4 is 17.8 Å². The summed E-state index contributed by atoms with van der Waals surface area (Å²) >= 11 is 0. The van der Waals surface area contributed by atoms with E-state index >= 15 is 0 Å². The molecule has 10 nitrogen and oxygen atoms in total. The predicted octanol–water partition coefficient (Wildman–Crippen LogP) is 2.55. The quantitative estimate of drug-likeness (QED) is 0.179. The molecule has 0 bridgehead atoms. The molecule has 0 spiro atoms. The monoisotopic (exact) mass is 533 g/mol. The van der Waals surface area contributed by atoms with E-state index in [1.165, 1.54) is 12.5 Å². The van der Waals surface area contributed by atoms with E-state index < -0.39 is 30.0 Å². The number of nitrogens with one attached hydrogen (secondary N) is 3. The number of carbonyl (C=O) groups excluding carboxylic acids is 3. The van der Waals surface area contributed by atoms with Gasteiger partial charge >= 0.3 is 6.03 Å². The summed E-state index contributed by atoms with van der Waals surface area (Å²) in [5.41, 5.74) is 4.36. The van der Waals surface area contributed by atoms with E-state index in [0.29, 0.717) is 17.0 Å². The maximum Gasteiger partial charge on any atom is 0.341 e. The Morgan fingerprint density at radius 3 is 2.18 bits per heavy atom. The van der Waals surface area contributed by atoms with Crippen molar-refractivity contribution in [3.63, 3.8) is 0 Å². The Hall–Kier alpha value is -4.28. The zero-order chi connectivity index (χ0) is 28.2. The van der Waals surface area contributed by atoms with Crippen LogP contribution in [0.5, 0.6) is 0 Å². The summed E-state index contributed by atoms with van der Waals surface area (Å²) in [5.74, 6) is -1.16. The molecule has 5 N–H and O–H groups in total. The Bertz CT molecular complexity index is 1220. The van der Waals surface area contributed by atoms with E-state index in [4.69, 9.17) is 0 Å². The fourth-order valence-corrected chi connectivity index (χ4v) is 3.81. The Morgan fingerprint density at radius 1 is 0.923 bits per heavy atom. The molecular formula is C29H35N5O5. The summed E-state index contributed by atoms with van der Waals surface area (Å²) in [7, 11) is 0. The molecule has 0 fully saturated rings. The van der Waals surface area contributed by atoms with E-state index in [2.05, 4.69) is 40.0 Å². The molecule has 10 heteroatoms. The van der Waals surface area contributed by atoms with Crippen LogP contribution in [0, 0.1) is 0 Å². The van der Waals surface area contributed by atoms with Gasteiger partial charge in [0.15, 0.2) is 0 Å². The summed E-state index contributed by atoms with van der Waals surface area (Å²) < 4.78 is 0. The van der Waals surface area contributed by atoms with Crippen molar-refractivity contribution < 1.29 is 24.7 Å². The van der Waals surface area contributed by atoms with Crippen LogP contribution in [0.25, 0.3) is 11.1 Å². The lowest BCUT2D eigenvalue weighted by molar-refractivity contribution is -0.125. The molecule has 2 aromatic carbocycles. The largest absolute Gasteiger partial charge is 0.391 e. The van der Waals surface area contributed by atoms with Gasteiger partial charge in [0.05, 0.1) is 12.6 Å². The van der Waals surface area contributed by atoms with Crippen molar-refractivity contribution in [2.75, 3.05) is 19.6 Å². The number of hydroxylamine groups is 2. The van der Waals surface area contributed by atoms with Crippen LogP contribution in [0.2, 0.25) is 0 Å². The first kappa shape index (κ1) is 29.3. The fourth-order valence-electron chi connectivity index (χ4n) is 3.81. The third-order valence-electron chi connectivity index (χ3n) is 6.13. The second-order valence-electron chi connectivity index (χ2n) is 9.04. The average Bonchev–Trinajstić information content (AvgIpc) is 2.96. The van der Waals surface area contributed by atoms with Crippen LogP contribution in [0.4, 0.5) is 4.79 Å². The van der Waals surface area contributed by atoms with Gasteiger partial charge < -0.3 is 21.1 Å². The minimum absolute atomic E-state index is 0.0897. The minimum atomic E-state index is -1.22. The summed E-state index contributed by atoms with van der Waals surface area (Å²) in [4.78, 5) is 41.6. The number of pyridine rings is 1. The summed E-state index contributed by atoms with van der Waals surface area (Å²) in [5, 5.41) is 28.1. The van der Waals surface area contributed by atoms with E-state index in [9.17, 15) is 24.7 Å².